The smallest absolute Gasteiger partial charge is 0.262 e. The van der Waals surface area contributed by atoms with Crippen LogP contribution in [0.2, 0.25) is 0 Å². The van der Waals surface area contributed by atoms with Crippen LogP contribution in [0.15, 0.2) is 41.3 Å². The molecule has 3 heterocycles. The highest BCUT2D eigenvalue weighted by atomic mass is 16.1. The zero-order chi connectivity index (χ0) is 20.7. The molecule has 6 heteroatoms. The molecule has 6 nitrogen and oxygen atoms in total. The van der Waals surface area contributed by atoms with Crippen molar-refractivity contribution in [2.75, 3.05) is 13.1 Å². The minimum Gasteiger partial charge on any atom is -0.310 e. The Balaban J connectivity index is 1.48. The number of likely N-dealkylation sites (tertiary alicyclic amines) is 1. The van der Waals surface area contributed by atoms with Gasteiger partial charge >= 0.3 is 0 Å². The summed E-state index contributed by atoms with van der Waals surface area (Å²) in [5.74, 6) is 2.06. The van der Waals surface area contributed by atoms with Gasteiger partial charge in [0.2, 0.25) is 0 Å². The Bertz CT molecular complexity index is 1060. The molecule has 0 unspecified atom stereocenters. The number of aromatic amines is 1. The lowest BCUT2D eigenvalue weighted by Crippen LogP contribution is -2.22. The van der Waals surface area contributed by atoms with Crippen molar-refractivity contribution in [3.8, 4) is 0 Å². The summed E-state index contributed by atoms with van der Waals surface area (Å²) in [7, 11) is 0. The standard InChI is InChI=1S/C24H31N5O/c1-16(2)20-14-28(13-17-8-4-3-5-9-17)15-21(20)22-26-23-19(24(30)27-22)12-25-29(23)18-10-6-7-11-18/h3-5,8-9,12,16,18,20-21H,6-7,10-11,13-15H2,1-2H3,(H,26,27,30)/t20-,21+/m0/s1. The minimum absolute atomic E-state index is 0.0525. The van der Waals surface area contributed by atoms with Crippen molar-refractivity contribution >= 4 is 11.0 Å². The first-order valence-electron chi connectivity index (χ1n) is 11.3. The third-order valence-electron chi connectivity index (χ3n) is 7.05. The molecule has 1 saturated heterocycles. The van der Waals surface area contributed by atoms with Gasteiger partial charge in [-0.05, 0) is 30.2 Å². The fourth-order valence-corrected chi connectivity index (χ4v) is 5.39. The van der Waals surface area contributed by atoms with E-state index in [-0.39, 0.29) is 11.5 Å². The average Bonchev–Trinajstić information content (AvgIpc) is 3.47. The second-order valence-electron chi connectivity index (χ2n) is 9.41. The Labute approximate surface area is 177 Å². The molecule has 30 heavy (non-hydrogen) atoms. The van der Waals surface area contributed by atoms with Crippen molar-refractivity contribution in [2.45, 2.75) is 58.0 Å². The SMILES string of the molecule is CC(C)[C@@H]1CN(Cc2ccccc2)C[C@H]1c1nc2c(cnn2C2CCCC2)c(=O)[nH]1. The Morgan fingerprint density at radius 2 is 1.90 bits per heavy atom. The molecule has 2 aromatic heterocycles. The van der Waals surface area contributed by atoms with Crippen molar-refractivity contribution in [2.24, 2.45) is 11.8 Å². The first-order valence-corrected chi connectivity index (χ1v) is 11.3. The second kappa shape index (κ2) is 7.99. The minimum atomic E-state index is -0.0525. The van der Waals surface area contributed by atoms with Crippen molar-refractivity contribution in [3.63, 3.8) is 0 Å². The van der Waals surface area contributed by atoms with Crippen molar-refractivity contribution < 1.29 is 0 Å². The molecule has 2 aliphatic rings. The molecule has 1 aliphatic heterocycles. The number of hydrogen-bond acceptors (Lipinski definition) is 4. The summed E-state index contributed by atoms with van der Waals surface area (Å²) in [5.41, 5.74) is 2.05. The van der Waals surface area contributed by atoms with E-state index in [4.69, 9.17) is 4.98 Å². The van der Waals surface area contributed by atoms with E-state index in [2.05, 4.69) is 59.2 Å². The topological polar surface area (TPSA) is 66.8 Å². The van der Waals surface area contributed by atoms with Crippen molar-refractivity contribution in [1.82, 2.24) is 24.6 Å². The van der Waals surface area contributed by atoms with Crippen LogP contribution in [0.1, 0.15) is 62.9 Å². The molecule has 0 bridgehead atoms. The van der Waals surface area contributed by atoms with Gasteiger partial charge in [0.1, 0.15) is 11.2 Å². The van der Waals surface area contributed by atoms with Gasteiger partial charge in [0.25, 0.3) is 5.56 Å². The molecule has 3 aromatic rings. The van der Waals surface area contributed by atoms with E-state index < -0.39 is 0 Å². The van der Waals surface area contributed by atoms with Crippen molar-refractivity contribution in [1.29, 1.82) is 0 Å². The average molecular weight is 406 g/mol. The number of rotatable bonds is 5. The molecule has 5 rings (SSSR count). The van der Waals surface area contributed by atoms with Crippen LogP contribution in [0, 0.1) is 11.8 Å². The van der Waals surface area contributed by atoms with Crippen LogP contribution in [-0.2, 0) is 6.54 Å². The highest BCUT2D eigenvalue weighted by Gasteiger charge is 2.37. The summed E-state index contributed by atoms with van der Waals surface area (Å²) < 4.78 is 2.02. The number of H-pyrrole nitrogens is 1. The molecular formula is C24H31N5O. The molecule has 1 aliphatic carbocycles. The van der Waals surface area contributed by atoms with Crippen LogP contribution in [0.25, 0.3) is 11.0 Å². The monoisotopic (exact) mass is 405 g/mol. The van der Waals surface area contributed by atoms with E-state index in [0.717, 1.165) is 43.9 Å². The lowest BCUT2D eigenvalue weighted by atomic mass is 9.85. The predicted molar refractivity (Wildman–Crippen MR) is 118 cm³/mol. The van der Waals surface area contributed by atoms with E-state index in [1.54, 1.807) is 6.20 Å². The predicted octanol–water partition coefficient (Wildman–Crippen LogP) is 4.11. The molecule has 1 N–H and O–H groups in total. The Kier molecular flexibility index (Phi) is 5.19. The van der Waals surface area contributed by atoms with Gasteiger partial charge in [0, 0.05) is 25.6 Å². The van der Waals surface area contributed by atoms with Gasteiger partial charge in [-0.25, -0.2) is 9.67 Å². The van der Waals surface area contributed by atoms with Crippen LogP contribution in [0.3, 0.4) is 0 Å². The third kappa shape index (κ3) is 3.58. The summed E-state index contributed by atoms with van der Waals surface area (Å²) in [6.07, 6.45) is 6.41. The molecule has 1 saturated carbocycles. The molecule has 1 aromatic carbocycles. The number of benzene rings is 1. The van der Waals surface area contributed by atoms with E-state index in [0.29, 0.717) is 23.3 Å². The van der Waals surface area contributed by atoms with Crippen LogP contribution < -0.4 is 5.56 Å². The number of hydrogen-bond donors (Lipinski definition) is 1. The molecule has 0 radical (unpaired) electrons. The summed E-state index contributed by atoms with van der Waals surface area (Å²) in [6, 6.07) is 11.0. The Morgan fingerprint density at radius 3 is 2.63 bits per heavy atom. The van der Waals surface area contributed by atoms with Crippen molar-refractivity contribution in [3.05, 3.63) is 58.3 Å². The van der Waals surface area contributed by atoms with E-state index >= 15 is 0 Å². The van der Waals surface area contributed by atoms with Crippen LogP contribution in [-0.4, -0.2) is 37.7 Å². The van der Waals surface area contributed by atoms with Gasteiger partial charge in [-0.3, -0.25) is 9.69 Å². The maximum atomic E-state index is 12.9. The first-order chi connectivity index (χ1) is 14.6. The maximum Gasteiger partial charge on any atom is 0.262 e. The zero-order valence-electron chi connectivity index (χ0n) is 17.9. The Hall–Kier alpha value is -2.47. The largest absolute Gasteiger partial charge is 0.310 e. The molecule has 0 amide bonds. The van der Waals surface area contributed by atoms with Crippen LogP contribution >= 0.6 is 0 Å². The fraction of sp³-hybridized carbons (Fsp3) is 0.542. The Morgan fingerprint density at radius 1 is 1.13 bits per heavy atom. The quantitative estimate of drug-likeness (QED) is 0.694. The fourth-order valence-electron chi connectivity index (χ4n) is 5.39. The number of nitrogens with zero attached hydrogens (tertiary/aromatic N) is 4. The van der Waals surface area contributed by atoms with Crippen LogP contribution in [0.5, 0.6) is 0 Å². The molecule has 158 valence electrons. The maximum absolute atomic E-state index is 12.9. The molecule has 2 atom stereocenters. The number of nitrogens with one attached hydrogen (secondary N) is 1. The number of fused-ring (bicyclic) bond motifs is 1. The highest BCUT2D eigenvalue weighted by molar-refractivity contribution is 5.73. The second-order valence-corrected chi connectivity index (χ2v) is 9.41. The van der Waals surface area contributed by atoms with E-state index in [1.807, 2.05) is 4.68 Å². The first kappa shape index (κ1) is 19.5. The third-order valence-corrected chi connectivity index (χ3v) is 7.05. The van der Waals surface area contributed by atoms with Gasteiger partial charge in [0.05, 0.1) is 12.2 Å². The van der Waals surface area contributed by atoms with Crippen LogP contribution in [0.4, 0.5) is 0 Å². The van der Waals surface area contributed by atoms with Gasteiger partial charge in [-0.15, -0.1) is 0 Å². The lowest BCUT2D eigenvalue weighted by Gasteiger charge is -2.21. The summed E-state index contributed by atoms with van der Waals surface area (Å²) in [4.78, 5) is 23.5. The van der Waals surface area contributed by atoms with Gasteiger partial charge < -0.3 is 4.98 Å². The molecule has 0 spiro atoms. The van der Waals surface area contributed by atoms with E-state index in [9.17, 15) is 4.79 Å². The highest BCUT2D eigenvalue weighted by Crippen LogP contribution is 2.37. The van der Waals surface area contributed by atoms with Gasteiger partial charge in [-0.2, -0.15) is 5.10 Å². The summed E-state index contributed by atoms with van der Waals surface area (Å²) in [5, 5.41) is 5.17. The summed E-state index contributed by atoms with van der Waals surface area (Å²) >= 11 is 0. The molecular weight excluding hydrogens is 374 g/mol. The normalized spacial score (nSPS) is 23.2. The lowest BCUT2D eigenvalue weighted by molar-refractivity contribution is 0.296. The number of aromatic nitrogens is 4. The van der Waals surface area contributed by atoms with E-state index in [1.165, 1.54) is 18.4 Å². The van der Waals surface area contributed by atoms with Gasteiger partial charge in [-0.1, -0.05) is 57.0 Å². The molecule has 2 fully saturated rings. The zero-order valence-corrected chi connectivity index (χ0v) is 17.9. The van der Waals surface area contributed by atoms with Gasteiger partial charge in [0.15, 0.2) is 5.65 Å². The summed E-state index contributed by atoms with van der Waals surface area (Å²) in [6.45, 7) is 7.45.